The number of rotatable bonds is 7. The molecule has 291 valence electrons. The van der Waals surface area contributed by atoms with Gasteiger partial charge < -0.3 is 14.4 Å². The Kier molecular flexibility index (Phi) is 9.41. The van der Waals surface area contributed by atoms with Gasteiger partial charge in [0.1, 0.15) is 11.3 Å². The van der Waals surface area contributed by atoms with E-state index in [1.807, 2.05) is 60.7 Å². The van der Waals surface area contributed by atoms with E-state index in [1.165, 1.54) is 6.07 Å². The molecule has 4 nitrogen and oxygen atoms in total. The Labute approximate surface area is 372 Å². The Hall–Kier alpha value is -5.72. The summed E-state index contributed by atoms with van der Waals surface area (Å²) in [4.78, 5) is 13.6. The Bertz CT molecular complexity index is 3360. The topological polar surface area (TPSA) is 51.8 Å². The summed E-state index contributed by atoms with van der Waals surface area (Å²) in [5.74, 6) is 6.66. The van der Waals surface area contributed by atoms with Crippen molar-refractivity contribution in [3.63, 3.8) is 0 Å². The molecule has 0 amide bonds. The summed E-state index contributed by atoms with van der Waals surface area (Å²) in [6.45, 7) is -2.18. The molecule has 0 aliphatic heterocycles. The van der Waals surface area contributed by atoms with Gasteiger partial charge in [0.15, 0.2) is 0 Å². The predicted molar refractivity (Wildman–Crippen MR) is 243 cm³/mol. The molecule has 0 aliphatic rings. The first-order valence-electron chi connectivity index (χ1n) is 22.7. The Morgan fingerprint density at radius 2 is 1.27 bits per heavy atom. The number of fused-ring (bicyclic) bond motifs is 8. The van der Waals surface area contributed by atoms with Gasteiger partial charge in [-0.1, -0.05) is 84.9 Å². The third-order valence-corrected chi connectivity index (χ3v) is 14.3. The molecule has 0 N–H and O–H groups in total. The zero-order valence-electron chi connectivity index (χ0n) is 39.7. The number of aryl methyl sites for hydroxylation is 1. The van der Waals surface area contributed by atoms with E-state index in [9.17, 15) is 0 Å². The third kappa shape index (κ3) is 8.56. The van der Waals surface area contributed by atoms with E-state index in [4.69, 9.17) is 14.0 Å². The number of hydrogen-bond acceptors (Lipinski definition) is 4. The van der Waals surface area contributed by atoms with E-state index in [0.717, 1.165) is 42.3 Å². The first-order chi connectivity index (χ1) is 31.0. The van der Waals surface area contributed by atoms with Crippen LogP contribution in [-0.4, -0.2) is 28.2 Å². The van der Waals surface area contributed by atoms with Crippen LogP contribution in [0.5, 0.6) is 0 Å². The first-order valence-corrected chi connectivity index (χ1v) is 26.5. The van der Waals surface area contributed by atoms with Gasteiger partial charge in [-0.05, 0) is 57.0 Å². The normalized spacial score (nSPS) is 13.8. The van der Waals surface area contributed by atoms with Crippen LogP contribution < -0.4 is 4.40 Å². The smallest absolute Gasteiger partial charge is 0.141 e. The van der Waals surface area contributed by atoms with Crippen molar-refractivity contribution in [2.75, 3.05) is 0 Å². The minimum absolute atomic E-state index is 0. The molecule has 0 saturated carbocycles. The Balaban J connectivity index is 0.000000182. The minimum Gasteiger partial charge on any atom is -0.482 e. The standard InChI is InChI=1S/C31H19N2O.C22H24GeN.Ir/c1-2-8-20(9-3-1)16-21-14-15-32-28(17-21)22-18-27-29-25-12-6-4-10-23(25)24-11-5-7-13-26(24)30(29)34-31(27)33-19-22;1-17-10-12-19(13-11-17)22-15-20(14-18-8-6-5-7-9-18)21(16-24-22)23(2,3)4;/h1-15,17-18H,16H2;5-12,15-16H,14H2,1-4H3;/q2*-1;/i16D2;1D3,14D2;. The van der Waals surface area contributed by atoms with Crippen LogP contribution in [0.2, 0.25) is 17.3 Å². The molecule has 1 radical (unpaired) electrons. The molecule has 6 aromatic carbocycles. The Morgan fingerprint density at radius 1 is 0.627 bits per heavy atom. The van der Waals surface area contributed by atoms with Gasteiger partial charge >= 0.3 is 155 Å². The number of aromatic nitrogens is 3. The second-order valence-electron chi connectivity index (χ2n) is 15.2. The molecule has 0 fully saturated rings. The van der Waals surface area contributed by atoms with Gasteiger partial charge in [0.25, 0.3) is 0 Å². The summed E-state index contributed by atoms with van der Waals surface area (Å²) in [6, 6.07) is 49.9. The van der Waals surface area contributed by atoms with Crippen molar-refractivity contribution in [2.45, 2.75) is 36.9 Å². The van der Waals surface area contributed by atoms with Crippen molar-refractivity contribution in [1.82, 2.24) is 15.0 Å². The molecule has 4 aromatic heterocycles. The number of furan rings is 1. The fourth-order valence-electron chi connectivity index (χ4n) is 7.29. The zero-order valence-corrected chi connectivity index (χ0v) is 37.2. The van der Waals surface area contributed by atoms with Crippen LogP contribution in [0, 0.1) is 19.1 Å². The first kappa shape index (κ1) is 32.2. The van der Waals surface area contributed by atoms with Crippen LogP contribution in [0.1, 0.15) is 37.4 Å². The molecule has 0 saturated heterocycles. The second kappa shape index (κ2) is 17.2. The molecule has 4 heterocycles. The summed E-state index contributed by atoms with van der Waals surface area (Å²) >= 11 is -2.42. The van der Waals surface area contributed by atoms with Crippen LogP contribution >= 0.6 is 0 Å². The van der Waals surface area contributed by atoms with Gasteiger partial charge in [-0.2, -0.15) is 0 Å². The maximum atomic E-state index is 8.89. The molecule has 59 heavy (non-hydrogen) atoms. The van der Waals surface area contributed by atoms with Crippen molar-refractivity contribution in [3.05, 3.63) is 204 Å². The maximum Gasteiger partial charge on any atom is 0.141 e. The number of pyridine rings is 3. The monoisotopic (exact) mass is 1010 g/mol. The van der Waals surface area contributed by atoms with E-state index in [2.05, 4.69) is 74.8 Å². The number of benzene rings is 6. The van der Waals surface area contributed by atoms with Gasteiger partial charge in [-0.25, -0.2) is 0 Å². The molecule has 0 atom stereocenters. The molecule has 0 bridgehead atoms. The SMILES string of the molecule is [2H]C([2H])([2H])c1c[c-]c(-c2cc(C([2H])([2H])c3ccccc3)[c]([Ge]([CH3])([CH3])[CH3])cn2)cc1.[2H]C([2H])(c1ccccc1)c1ccnc(-c2[c-]nc3oc4c5ccccc5c5ccccc5c4c3c2)c1.[Ir]. The van der Waals surface area contributed by atoms with E-state index in [0.29, 0.717) is 50.5 Å². The molecule has 0 unspecified atom stereocenters. The van der Waals surface area contributed by atoms with Gasteiger partial charge in [0.05, 0.1) is 0 Å². The van der Waals surface area contributed by atoms with Crippen LogP contribution in [-0.2, 0) is 32.9 Å². The molecular weight excluding hydrogens is 959 g/mol. The zero-order chi connectivity index (χ0) is 45.7. The van der Waals surface area contributed by atoms with E-state index in [1.54, 1.807) is 67.0 Å². The largest absolute Gasteiger partial charge is 0.482 e. The quantitative estimate of drug-likeness (QED) is 0.0907. The van der Waals surface area contributed by atoms with Gasteiger partial charge in [-0.3, -0.25) is 0 Å². The van der Waals surface area contributed by atoms with E-state index >= 15 is 0 Å². The Morgan fingerprint density at radius 3 is 1.95 bits per heavy atom. The summed E-state index contributed by atoms with van der Waals surface area (Å²) in [7, 11) is 0. The van der Waals surface area contributed by atoms with Crippen molar-refractivity contribution in [1.29, 1.82) is 0 Å². The van der Waals surface area contributed by atoms with Crippen LogP contribution in [0.3, 0.4) is 0 Å². The fourth-order valence-corrected chi connectivity index (χ4v) is 10.2. The summed E-state index contributed by atoms with van der Waals surface area (Å²) in [5.41, 5.74) is 6.45. The van der Waals surface area contributed by atoms with Crippen molar-refractivity contribution in [2.24, 2.45) is 0 Å². The number of nitrogens with zero attached hydrogens (tertiary/aromatic N) is 3. The second-order valence-corrected chi connectivity index (χ2v) is 25.7. The number of hydrogen-bond donors (Lipinski definition) is 0. The molecule has 10 aromatic rings. The molecular formula is C53H43GeIrN3O-2. The van der Waals surface area contributed by atoms with Crippen molar-refractivity contribution in [3.8, 4) is 22.5 Å². The summed E-state index contributed by atoms with van der Waals surface area (Å²) in [6.07, 6.45) is 3.20. The van der Waals surface area contributed by atoms with E-state index < -0.39 is 32.9 Å². The fraction of sp³-hybridized carbons (Fsp3) is 0.113. The predicted octanol–water partition coefficient (Wildman–Crippen LogP) is 12.7. The van der Waals surface area contributed by atoms with Crippen LogP contribution in [0.4, 0.5) is 0 Å². The van der Waals surface area contributed by atoms with Gasteiger partial charge in [-0.15, -0.1) is 11.6 Å². The van der Waals surface area contributed by atoms with Crippen LogP contribution in [0.25, 0.3) is 66.1 Å². The summed E-state index contributed by atoms with van der Waals surface area (Å²) in [5, 5.41) is 6.35. The maximum absolute atomic E-state index is 8.89. The van der Waals surface area contributed by atoms with E-state index in [-0.39, 0.29) is 25.7 Å². The minimum atomic E-state index is -2.42. The summed E-state index contributed by atoms with van der Waals surface area (Å²) < 4.78 is 65.1. The van der Waals surface area contributed by atoms with Gasteiger partial charge in [0.2, 0.25) is 0 Å². The molecule has 0 spiro atoms. The average Bonchev–Trinajstić information content (AvgIpc) is 3.71. The van der Waals surface area contributed by atoms with Crippen molar-refractivity contribution >= 4 is 61.3 Å². The van der Waals surface area contributed by atoms with Crippen molar-refractivity contribution < 1.29 is 34.1 Å². The average molecular weight is 1010 g/mol. The molecule has 0 aliphatic carbocycles. The van der Waals surface area contributed by atoms with Crippen LogP contribution in [0.15, 0.2) is 168 Å². The van der Waals surface area contributed by atoms with Gasteiger partial charge in [0, 0.05) is 39.8 Å². The molecule has 6 heteroatoms. The molecule has 10 rings (SSSR count). The third-order valence-electron chi connectivity index (χ3n) is 10.1.